The van der Waals surface area contributed by atoms with Crippen LogP contribution in [0, 0.1) is 0 Å². The van der Waals surface area contributed by atoms with Crippen molar-refractivity contribution in [2.75, 3.05) is 13.2 Å². The van der Waals surface area contributed by atoms with Crippen LogP contribution in [0.3, 0.4) is 0 Å². The van der Waals surface area contributed by atoms with Gasteiger partial charge in [0.05, 0.1) is 14.6 Å². The molecule has 0 aliphatic rings. The van der Waals surface area contributed by atoms with Crippen LogP contribution in [0.25, 0.3) is 0 Å². The van der Waals surface area contributed by atoms with Gasteiger partial charge in [-0.1, -0.05) is 25.8 Å². The van der Waals surface area contributed by atoms with Gasteiger partial charge >= 0.3 is 21.6 Å². The average molecular weight is 347 g/mol. The van der Waals surface area contributed by atoms with E-state index in [0.29, 0.717) is 32.1 Å². The molecule has 2 atom stereocenters. The molecule has 0 rings (SSSR count). The highest BCUT2D eigenvalue weighted by Crippen LogP contribution is 2.57. The standard InChI is InChI=1S/C10H20O9P2/c1-2-10(11)17-8-6-4-3-5-7-9-18-21(15,16)19-20(12,13)14/h2H,1,3-9H2,(H,15,16)(H2,12,13,14)/i8D. The Morgan fingerprint density at radius 3 is 2.29 bits per heavy atom. The summed E-state index contributed by atoms with van der Waals surface area (Å²) in [4.78, 5) is 36.5. The SMILES string of the molecule is [2H]C(CCCCCCOP(=O)(O)OP(=O)(O)O)OC(=O)C=C. The second-order valence-electron chi connectivity index (χ2n) is 3.88. The number of phosphoric ester groups is 1. The first kappa shape index (κ1) is 18.5. The topological polar surface area (TPSA) is 140 Å². The van der Waals surface area contributed by atoms with Crippen molar-refractivity contribution >= 4 is 21.6 Å². The molecule has 0 fully saturated rings. The second-order valence-corrected chi connectivity index (χ2v) is 6.71. The number of phosphoric acid groups is 2. The summed E-state index contributed by atoms with van der Waals surface area (Å²) in [5, 5.41) is 0. The zero-order chi connectivity index (χ0) is 17.2. The molecule has 0 saturated carbocycles. The van der Waals surface area contributed by atoms with Crippen LogP contribution in [0.2, 0.25) is 0 Å². The lowest BCUT2D eigenvalue weighted by Crippen LogP contribution is -2.01. The molecule has 0 spiro atoms. The van der Waals surface area contributed by atoms with E-state index >= 15 is 0 Å². The average Bonchev–Trinajstić information content (AvgIpc) is 2.34. The fraction of sp³-hybridized carbons (Fsp3) is 0.700. The first-order valence-corrected chi connectivity index (χ1v) is 9.08. The van der Waals surface area contributed by atoms with Crippen LogP contribution in [0.1, 0.15) is 33.5 Å². The zero-order valence-corrected chi connectivity index (χ0v) is 13.1. The molecular weight excluding hydrogens is 326 g/mol. The molecule has 0 aromatic rings. The minimum Gasteiger partial charge on any atom is -0.463 e. The zero-order valence-electron chi connectivity index (χ0n) is 12.3. The molecule has 3 N–H and O–H groups in total. The number of hydrogen-bond donors (Lipinski definition) is 3. The maximum absolute atomic E-state index is 11.1. The van der Waals surface area contributed by atoms with Crippen molar-refractivity contribution in [3.05, 3.63) is 12.7 Å². The van der Waals surface area contributed by atoms with Gasteiger partial charge in [0.15, 0.2) is 0 Å². The van der Waals surface area contributed by atoms with Crippen LogP contribution in [-0.4, -0.2) is 33.8 Å². The lowest BCUT2D eigenvalue weighted by Gasteiger charge is -2.12. The third-order valence-corrected chi connectivity index (χ3v) is 4.23. The Labute approximate surface area is 124 Å². The summed E-state index contributed by atoms with van der Waals surface area (Å²) in [6.45, 7) is 2.04. The van der Waals surface area contributed by atoms with Gasteiger partial charge in [-0.05, 0) is 12.8 Å². The summed E-state index contributed by atoms with van der Waals surface area (Å²) in [7, 11) is -9.85. The van der Waals surface area contributed by atoms with Gasteiger partial charge in [-0.15, -0.1) is 0 Å². The fourth-order valence-corrected chi connectivity index (χ4v) is 2.83. The van der Waals surface area contributed by atoms with Crippen molar-refractivity contribution in [1.82, 2.24) is 0 Å². The molecule has 124 valence electrons. The first-order chi connectivity index (χ1) is 10.1. The van der Waals surface area contributed by atoms with E-state index in [9.17, 15) is 13.9 Å². The molecular formula is C10H20O9P2. The highest BCUT2D eigenvalue weighted by molar-refractivity contribution is 7.60. The van der Waals surface area contributed by atoms with E-state index < -0.39 is 28.2 Å². The van der Waals surface area contributed by atoms with Crippen LogP contribution in [0.15, 0.2) is 12.7 Å². The quantitative estimate of drug-likeness (QED) is 0.209. The molecule has 0 aliphatic carbocycles. The van der Waals surface area contributed by atoms with Gasteiger partial charge < -0.3 is 19.4 Å². The maximum atomic E-state index is 11.1. The Morgan fingerprint density at radius 2 is 1.71 bits per heavy atom. The Balaban J connectivity index is 3.66. The van der Waals surface area contributed by atoms with Gasteiger partial charge in [-0.2, -0.15) is 4.31 Å². The van der Waals surface area contributed by atoms with Gasteiger partial charge in [-0.25, -0.2) is 13.9 Å². The van der Waals surface area contributed by atoms with E-state index in [1.54, 1.807) is 0 Å². The molecule has 2 unspecified atom stereocenters. The van der Waals surface area contributed by atoms with Gasteiger partial charge in [0.2, 0.25) is 0 Å². The third-order valence-electron chi connectivity index (χ3n) is 2.05. The highest BCUT2D eigenvalue weighted by Gasteiger charge is 2.31. The Bertz CT molecular complexity index is 450. The number of carbonyl (C=O) groups excluding carboxylic acids is 1. The molecule has 0 amide bonds. The highest BCUT2D eigenvalue weighted by atomic mass is 31.3. The molecule has 21 heavy (non-hydrogen) atoms. The maximum Gasteiger partial charge on any atom is 0.481 e. The molecule has 0 saturated heterocycles. The second kappa shape index (κ2) is 10.2. The number of esters is 1. The normalized spacial score (nSPS) is 16.6. The smallest absolute Gasteiger partial charge is 0.463 e. The molecule has 0 aliphatic heterocycles. The number of carbonyl (C=O) groups is 1. The summed E-state index contributed by atoms with van der Waals surface area (Å²) in [5.41, 5.74) is 0. The Kier molecular flexibility index (Phi) is 9.03. The molecule has 11 heteroatoms. The summed E-state index contributed by atoms with van der Waals surface area (Å²) in [6.07, 6.45) is 3.56. The minimum absolute atomic E-state index is 0.205. The van der Waals surface area contributed by atoms with Gasteiger partial charge in [0.25, 0.3) is 0 Å². The number of ether oxygens (including phenoxy) is 1. The van der Waals surface area contributed by atoms with Crippen molar-refractivity contribution in [3.63, 3.8) is 0 Å². The summed E-state index contributed by atoms with van der Waals surface area (Å²) in [5.74, 6) is -0.655. The van der Waals surface area contributed by atoms with Crippen molar-refractivity contribution in [3.8, 4) is 0 Å². The number of unbranched alkanes of at least 4 members (excludes halogenated alkanes) is 3. The summed E-state index contributed by atoms with van der Waals surface area (Å²) in [6, 6.07) is 0. The summed E-state index contributed by atoms with van der Waals surface area (Å²) < 4.78 is 41.5. The monoisotopic (exact) mass is 347 g/mol. The lowest BCUT2D eigenvalue weighted by atomic mass is 10.1. The van der Waals surface area contributed by atoms with Crippen LogP contribution < -0.4 is 0 Å². The molecule has 9 nitrogen and oxygen atoms in total. The fourth-order valence-electron chi connectivity index (χ4n) is 1.21. The van der Waals surface area contributed by atoms with E-state index in [2.05, 4.69) is 20.2 Å². The van der Waals surface area contributed by atoms with Gasteiger partial charge in [-0.3, -0.25) is 4.52 Å². The van der Waals surface area contributed by atoms with Crippen molar-refractivity contribution < 1.29 is 43.5 Å². The predicted molar refractivity (Wildman–Crippen MR) is 73.1 cm³/mol. The lowest BCUT2D eigenvalue weighted by molar-refractivity contribution is -0.137. The Hall–Kier alpha value is -0.530. The predicted octanol–water partition coefficient (Wildman–Crippen LogP) is 1.89. The van der Waals surface area contributed by atoms with Crippen molar-refractivity contribution in [2.45, 2.75) is 32.1 Å². The van der Waals surface area contributed by atoms with Crippen LogP contribution in [-0.2, 0) is 27.5 Å². The molecule has 0 aromatic heterocycles. The molecule has 0 radical (unpaired) electrons. The number of rotatable bonds is 12. The van der Waals surface area contributed by atoms with Crippen LogP contribution in [0.5, 0.6) is 0 Å². The molecule has 0 aromatic carbocycles. The van der Waals surface area contributed by atoms with E-state index in [1.165, 1.54) is 0 Å². The van der Waals surface area contributed by atoms with E-state index in [0.717, 1.165) is 6.08 Å². The third kappa shape index (κ3) is 14.2. The van der Waals surface area contributed by atoms with E-state index in [1.807, 2.05) is 0 Å². The summed E-state index contributed by atoms with van der Waals surface area (Å²) >= 11 is 0. The molecule has 0 bridgehead atoms. The minimum atomic E-state index is -5.09. The molecule has 0 heterocycles. The van der Waals surface area contributed by atoms with Gasteiger partial charge in [0, 0.05) is 6.08 Å². The van der Waals surface area contributed by atoms with Crippen molar-refractivity contribution in [1.29, 1.82) is 0 Å². The number of hydrogen-bond acceptors (Lipinski definition) is 6. The van der Waals surface area contributed by atoms with E-state index in [4.69, 9.17) is 16.1 Å². The Morgan fingerprint density at radius 1 is 1.14 bits per heavy atom. The van der Waals surface area contributed by atoms with Crippen LogP contribution in [0.4, 0.5) is 0 Å². The van der Waals surface area contributed by atoms with Gasteiger partial charge in [0.1, 0.15) is 0 Å². The van der Waals surface area contributed by atoms with E-state index in [-0.39, 0.29) is 6.61 Å². The first-order valence-electron chi connectivity index (χ1n) is 6.63. The van der Waals surface area contributed by atoms with Crippen molar-refractivity contribution in [2.24, 2.45) is 0 Å². The largest absolute Gasteiger partial charge is 0.481 e. The van der Waals surface area contributed by atoms with Crippen LogP contribution >= 0.6 is 15.6 Å².